The molecule has 0 amide bonds. The van der Waals surface area contributed by atoms with Gasteiger partial charge in [-0.15, -0.1) is 0 Å². The third-order valence-electron chi connectivity index (χ3n) is 4.68. The molecule has 3 aliphatic rings. The molecule has 0 fully saturated rings. The molecular weight excluding hydrogens is 256 g/mol. The summed E-state index contributed by atoms with van der Waals surface area (Å²) in [6, 6.07) is 10.3. The van der Waals surface area contributed by atoms with Gasteiger partial charge in [-0.05, 0) is 60.0 Å². The molecule has 2 aliphatic heterocycles. The molecule has 0 saturated carbocycles. The summed E-state index contributed by atoms with van der Waals surface area (Å²) in [5, 5.41) is 0. The summed E-state index contributed by atoms with van der Waals surface area (Å²) in [7, 11) is 2.09. The van der Waals surface area contributed by atoms with E-state index in [-0.39, 0.29) is 23.6 Å². The van der Waals surface area contributed by atoms with Crippen molar-refractivity contribution in [2.45, 2.75) is 18.4 Å². The highest BCUT2D eigenvalue weighted by Crippen LogP contribution is 2.45. The molecule has 3 heteroatoms. The van der Waals surface area contributed by atoms with Crippen molar-refractivity contribution in [1.29, 1.82) is 0 Å². The second-order valence-electron chi connectivity index (χ2n) is 5.83. The fourth-order valence-corrected chi connectivity index (χ4v) is 3.72. The molecule has 2 aromatic rings. The van der Waals surface area contributed by atoms with Gasteiger partial charge in [-0.25, -0.2) is 8.78 Å². The number of fused-ring (bicyclic) bond motifs is 1. The Labute approximate surface area is 116 Å². The molecule has 5 rings (SSSR count). The Morgan fingerprint density at radius 1 is 0.950 bits per heavy atom. The van der Waals surface area contributed by atoms with Crippen LogP contribution in [0.25, 0.3) is 0 Å². The van der Waals surface area contributed by atoms with Gasteiger partial charge < -0.3 is 0 Å². The van der Waals surface area contributed by atoms with Gasteiger partial charge in [0.1, 0.15) is 11.6 Å². The van der Waals surface area contributed by atoms with Crippen LogP contribution in [0.5, 0.6) is 0 Å². The zero-order valence-corrected chi connectivity index (χ0v) is 11.2. The Hall–Kier alpha value is -1.74. The van der Waals surface area contributed by atoms with Crippen molar-refractivity contribution in [3.63, 3.8) is 0 Å². The summed E-state index contributed by atoms with van der Waals surface area (Å²) in [6.07, 6.45) is 0.862. The minimum atomic E-state index is -0.213. The fourth-order valence-electron chi connectivity index (χ4n) is 3.72. The van der Waals surface area contributed by atoms with Gasteiger partial charge in [0.05, 0.1) is 0 Å². The molecule has 20 heavy (non-hydrogen) atoms. The van der Waals surface area contributed by atoms with Crippen molar-refractivity contribution >= 4 is 0 Å². The first-order valence-corrected chi connectivity index (χ1v) is 6.91. The molecule has 0 spiro atoms. The SMILES string of the molecule is CN1CC2c3cc(F)ccc3CC1c1ccc(F)cc12. The molecule has 2 unspecified atom stereocenters. The van der Waals surface area contributed by atoms with Crippen LogP contribution < -0.4 is 0 Å². The van der Waals surface area contributed by atoms with E-state index in [1.807, 2.05) is 12.1 Å². The Morgan fingerprint density at radius 3 is 2.45 bits per heavy atom. The van der Waals surface area contributed by atoms with Crippen LogP contribution in [0.4, 0.5) is 8.78 Å². The van der Waals surface area contributed by atoms with Gasteiger partial charge in [-0.1, -0.05) is 12.1 Å². The average molecular weight is 271 g/mol. The monoisotopic (exact) mass is 271 g/mol. The molecule has 102 valence electrons. The van der Waals surface area contributed by atoms with Crippen LogP contribution in [-0.2, 0) is 6.42 Å². The number of likely N-dealkylation sites (N-methyl/N-ethyl adjacent to an activating group) is 1. The maximum absolute atomic E-state index is 13.6. The van der Waals surface area contributed by atoms with E-state index >= 15 is 0 Å². The highest BCUT2D eigenvalue weighted by molar-refractivity contribution is 5.49. The summed E-state index contributed by atoms with van der Waals surface area (Å²) < 4.78 is 27.2. The van der Waals surface area contributed by atoms with Gasteiger partial charge in [-0.3, -0.25) is 4.90 Å². The number of halogens is 2. The van der Waals surface area contributed by atoms with Gasteiger partial charge in [0, 0.05) is 18.5 Å². The number of nitrogens with zero attached hydrogens (tertiary/aromatic N) is 1. The van der Waals surface area contributed by atoms with E-state index in [9.17, 15) is 8.78 Å². The second kappa shape index (κ2) is 4.13. The molecule has 2 atom stereocenters. The molecule has 2 heterocycles. The first-order valence-electron chi connectivity index (χ1n) is 6.91. The third-order valence-corrected chi connectivity index (χ3v) is 4.68. The Bertz CT molecular complexity index is 695. The van der Waals surface area contributed by atoms with Crippen LogP contribution in [0.15, 0.2) is 36.4 Å². The molecule has 1 aliphatic carbocycles. The van der Waals surface area contributed by atoms with E-state index in [2.05, 4.69) is 11.9 Å². The first kappa shape index (κ1) is 12.0. The maximum Gasteiger partial charge on any atom is 0.123 e. The Balaban J connectivity index is 1.99. The number of hydrogen-bond donors (Lipinski definition) is 0. The third kappa shape index (κ3) is 1.63. The molecule has 2 bridgehead atoms. The predicted octanol–water partition coefficient (Wildman–Crippen LogP) is 3.64. The Kier molecular flexibility index (Phi) is 2.48. The summed E-state index contributed by atoms with van der Waals surface area (Å²) in [4.78, 5) is 2.29. The van der Waals surface area contributed by atoms with Gasteiger partial charge in [-0.2, -0.15) is 0 Å². The number of hydrogen-bond acceptors (Lipinski definition) is 1. The lowest BCUT2D eigenvalue weighted by Gasteiger charge is -2.36. The largest absolute Gasteiger partial charge is 0.298 e. The number of benzene rings is 2. The van der Waals surface area contributed by atoms with E-state index in [1.165, 1.54) is 23.3 Å². The summed E-state index contributed by atoms with van der Waals surface area (Å²) in [5.74, 6) is -0.359. The van der Waals surface area contributed by atoms with Gasteiger partial charge in [0.25, 0.3) is 0 Å². The molecule has 2 aromatic carbocycles. The first-order chi connectivity index (χ1) is 9.63. The van der Waals surface area contributed by atoms with E-state index in [0.29, 0.717) is 0 Å². The maximum atomic E-state index is 13.6. The molecule has 0 radical (unpaired) electrons. The van der Waals surface area contributed by atoms with E-state index in [4.69, 9.17) is 0 Å². The molecule has 0 aromatic heterocycles. The van der Waals surface area contributed by atoms with Crippen molar-refractivity contribution in [1.82, 2.24) is 4.90 Å². The average Bonchev–Trinajstić information content (AvgIpc) is 2.63. The van der Waals surface area contributed by atoms with Crippen LogP contribution in [0.3, 0.4) is 0 Å². The normalized spacial score (nSPS) is 24.1. The summed E-state index contributed by atoms with van der Waals surface area (Å²) in [6.45, 7) is 0.817. The Morgan fingerprint density at radius 2 is 1.65 bits per heavy atom. The highest BCUT2D eigenvalue weighted by Gasteiger charge is 2.37. The van der Waals surface area contributed by atoms with Crippen molar-refractivity contribution in [3.8, 4) is 0 Å². The summed E-state index contributed by atoms with van der Waals surface area (Å²) >= 11 is 0. The summed E-state index contributed by atoms with van der Waals surface area (Å²) in [5.41, 5.74) is 4.41. The molecular formula is C17H15F2N. The second-order valence-corrected chi connectivity index (χ2v) is 5.83. The minimum Gasteiger partial charge on any atom is -0.298 e. The smallest absolute Gasteiger partial charge is 0.123 e. The zero-order valence-electron chi connectivity index (χ0n) is 11.2. The van der Waals surface area contributed by atoms with Crippen LogP contribution in [0, 0.1) is 11.6 Å². The van der Waals surface area contributed by atoms with Crippen LogP contribution in [0.2, 0.25) is 0 Å². The van der Waals surface area contributed by atoms with Crippen LogP contribution >= 0.6 is 0 Å². The van der Waals surface area contributed by atoms with Crippen molar-refractivity contribution < 1.29 is 8.78 Å². The molecule has 0 N–H and O–H groups in total. The topological polar surface area (TPSA) is 3.24 Å². The zero-order chi connectivity index (χ0) is 13.9. The van der Waals surface area contributed by atoms with Crippen molar-refractivity contribution in [2.24, 2.45) is 0 Å². The van der Waals surface area contributed by atoms with Gasteiger partial charge >= 0.3 is 0 Å². The van der Waals surface area contributed by atoms with Crippen LogP contribution in [-0.4, -0.2) is 18.5 Å². The lowest BCUT2D eigenvalue weighted by molar-refractivity contribution is 0.227. The van der Waals surface area contributed by atoms with E-state index < -0.39 is 0 Å². The van der Waals surface area contributed by atoms with Crippen molar-refractivity contribution in [3.05, 3.63) is 70.3 Å². The molecule has 1 nitrogen and oxygen atoms in total. The van der Waals surface area contributed by atoms with Gasteiger partial charge in [0.2, 0.25) is 0 Å². The minimum absolute atomic E-state index is 0.0650. The highest BCUT2D eigenvalue weighted by atomic mass is 19.1. The lowest BCUT2D eigenvalue weighted by atomic mass is 9.84. The van der Waals surface area contributed by atoms with E-state index in [0.717, 1.165) is 24.1 Å². The predicted molar refractivity (Wildman–Crippen MR) is 73.7 cm³/mol. The fraction of sp³-hybridized carbons (Fsp3) is 0.294. The quantitative estimate of drug-likeness (QED) is 0.707. The molecule has 0 saturated heterocycles. The van der Waals surface area contributed by atoms with Crippen LogP contribution in [0.1, 0.15) is 34.2 Å². The van der Waals surface area contributed by atoms with Gasteiger partial charge in [0.15, 0.2) is 0 Å². The number of rotatable bonds is 0. The van der Waals surface area contributed by atoms with E-state index in [1.54, 1.807) is 12.1 Å². The standard InChI is InChI=1S/C17H15F2N/c1-20-9-16-14-7-11(18)3-2-10(14)6-17(20)13-5-4-12(19)8-15(13)16/h2-5,7-8,16-17H,6,9H2,1H3. The lowest BCUT2D eigenvalue weighted by Crippen LogP contribution is -2.33. The van der Waals surface area contributed by atoms with Crippen molar-refractivity contribution in [2.75, 3.05) is 13.6 Å².